The first-order valence-corrected chi connectivity index (χ1v) is 17.4. The van der Waals surface area contributed by atoms with Gasteiger partial charge < -0.3 is 0 Å². The van der Waals surface area contributed by atoms with Gasteiger partial charge in [0.15, 0.2) is 0 Å². The van der Waals surface area contributed by atoms with Gasteiger partial charge >= 0.3 is 195 Å². The Kier molecular flexibility index (Phi) is 12.3. The molecule has 0 spiro atoms. The molecule has 5 heteroatoms. The molecule has 0 aliphatic rings. The second-order valence-electron chi connectivity index (χ2n) is 8.90. The Labute approximate surface area is 220 Å². The van der Waals surface area contributed by atoms with E-state index in [-0.39, 0.29) is 0 Å². The number of hydrogen-bond donors (Lipinski definition) is 0. The normalized spacial score (nSPS) is 12.0. The minimum absolute atomic E-state index is 0.324. The van der Waals surface area contributed by atoms with Gasteiger partial charge in [0.25, 0.3) is 0 Å². The van der Waals surface area contributed by atoms with E-state index in [9.17, 15) is 8.42 Å². The van der Waals surface area contributed by atoms with Gasteiger partial charge in [0.05, 0.1) is 0 Å². The van der Waals surface area contributed by atoms with Crippen molar-refractivity contribution >= 4 is 30.4 Å². The fraction of sp³-hybridized carbons (Fsp3) is 0.400. The summed E-state index contributed by atoms with van der Waals surface area (Å²) in [4.78, 5) is 0.324. The second-order valence-corrected chi connectivity index (χ2v) is 15.4. The fourth-order valence-corrected chi connectivity index (χ4v) is 11.3. The van der Waals surface area contributed by atoms with Crippen LogP contribution in [0.2, 0.25) is 0 Å². The summed E-state index contributed by atoms with van der Waals surface area (Å²) in [5, 5.41) is 0. The molecule has 0 saturated carbocycles. The van der Waals surface area contributed by atoms with E-state index in [1.807, 2.05) is 72.8 Å². The summed E-state index contributed by atoms with van der Waals surface area (Å²) < 4.78 is 35.0. The molecule has 0 N–H and O–H groups in total. The van der Waals surface area contributed by atoms with Crippen LogP contribution in [0.3, 0.4) is 0 Å². The van der Waals surface area contributed by atoms with Gasteiger partial charge in [0.2, 0.25) is 0 Å². The van der Waals surface area contributed by atoms with Crippen LogP contribution in [-0.2, 0) is 19.1 Å². The van der Waals surface area contributed by atoms with Gasteiger partial charge in [-0.05, 0) is 0 Å². The standard InChI is InChI=1S/C30H39IO3S/c1-2-3-4-5-6-7-8-9-10-13-20-27-21-18-19-26-30(27)35(32,33)34-31(28-22-14-11-15-23-28)29-24-16-12-17-25-29/h11-12,14-19,21-26H,2-10,13,20H2,1H3. The molecule has 3 nitrogen and oxygen atoms in total. The molecule has 0 radical (unpaired) electrons. The number of unbranched alkanes of at least 4 members (excludes halogenated alkanes) is 9. The Morgan fingerprint density at radius 1 is 0.600 bits per heavy atom. The van der Waals surface area contributed by atoms with Gasteiger partial charge in [0.1, 0.15) is 0 Å². The van der Waals surface area contributed by atoms with Crippen LogP contribution in [0, 0.1) is 7.14 Å². The van der Waals surface area contributed by atoms with Gasteiger partial charge in [-0.3, -0.25) is 0 Å². The van der Waals surface area contributed by atoms with E-state index in [0.717, 1.165) is 32.0 Å². The third-order valence-electron chi connectivity index (χ3n) is 6.05. The average molecular weight is 607 g/mol. The van der Waals surface area contributed by atoms with Gasteiger partial charge in [-0.25, -0.2) is 0 Å². The van der Waals surface area contributed by atoms with Crippen molar-refractivity contribution < 1.29 is 10.9 Å². The first-order chi connectivity index (χ1) is 17.1. The van der Waals surface area contributed by atoms with Crippen molar-refractivity contribution in [3.63, 3.8) is 0 Å². The SMILES string of the molecule is CCCCCCCCCCCCc1ccccc1S(=O)(=O)OI(c1ccccc1)c1ccccc1. The molecule has 0 aliphatic heterocycles. The summed E-state index contributed by atoms with van der Waals surface area (Å²) in [6.07, 6.45) is 13.4. The van der Waals surface area contributed by atoms with E-state index >= 15 is 0 Å². The van der Waals surface area contributed by atoms with Gasteiger partial charge in [-0.2, -0.15) is 0 Å². The Morgan fingerprint density at radius 2 is 1.06 bits per heavy atom. The van der Waals surface area contributed by atoms with Crippen LogP contribution >= 0.6 is 20.2 Å². The van der Waals surface area contributed by atoms with E-state index in [2.05, 4.69) is 6.92 Å². The summed E-state index contributed by atoms with van der Waals surface area (Å²) in [6, 6.07) is 26.9. The molecule has 0 fully saturated rings. The first-order valence-electron chi connectivity index (χ1n) is 12.9. The average Bonchev–Trinajstić information content (AvgIpc) is 2.89. The Balaban J connectivity index is 1.61. The van der Waals surface area contributed by atoms with E-state index in [1.165, 1.54) is 51.4 Å². The summed E-state index contributed by atoms with van der Waals surface area (Å²) in [5.74, 6) is 0. The van der Waals surface area contributed by atoms with Crippen LogP contribution in [-0.4, -0.2) is 8.42 Å². The van der Waals surface area contributed by atoms with Crippen LogP contribution in [0.15, 0.2) is 89.8 Å². The van der Waals surface area contributed by atoms with E-state index in [4.69, 9.17) is 2.51 Å². The van der Waals surface area contributed by atoms with Gasteiger partial charge in [-0.1, -0.05) is 26.2 Å². The molecule has 0 aliphatic carbocycles. The molecule has 3 aromatic rings. The predicted molar refractivity (Wildman–Crippen MR) is 155 cm³/mol. The summed E-state index contributed by atoms with van der Waals surface area (Å²) in [7, 11) is -3.88. The number of rotatable bonds is 16. The van der Waals surface area contributed by atoms with Crippen molar-refractivity contribution in [1.82, 2.24) is 0 Å². The fourth-order valence-electron chi connectivity index (χ4n) is 4.13. The Hall–Kier alpha value is -1.70. The molecule has 0 aromatic heterocycles. The topological polar surface area (TPSA) is 43.4 Å². The van der Waals surface area contributed by atoms with Crippen LogP contribution in [0.5, 0.6) is 0 Å². The Bertz CT molecular complexity index is 1050. The van der Waals surface area contributed by atoms with Crippen molar-refractivity contribution in [3.05, 3.63) is 97.6 Å². The molecule has 0 bridgehead atoms. The van der Waals surface area contributed by atoms with E-state index in [0.29, 0.717) is 4.90 Å². The molecule has 3 rings (SSSR count). The number of benzene rings is 3. The van der Waals surface area contributed by atoms with E-state index < -0.39 is 30.4 Å². The van der Waals surface area contributed by atoms with Crippen LogP contribution in [0.1, 0.15) is 76.7 Å². The quantitative estimate of drug-likeness (QED) is 0.121. The zero-order valence-corrected chi connectivity index (χ0v) is 23.8. The Morgan fingerprint density at radius 3 is 1.60 bits per heavy atom. The van der Waals surface area contributed by atoms with Crippen molar-refractivity contribution in [2.45, 2.75) is 82.4 Å². The number of aryl methyl sites for hydroxylation is 1. The molecule has 0 amide bonds. The molecule has 0 heterocycles. The molecular weight excluding hydrogens is 567 g/mol. The summed E-state index contributed by atoms with van der Waals surface area (Å²) in [5.41, 5.74) is 0.865. The van der Waals surface area contributed by atoms with E-state index in [1.54, 1.807) is 12.1 Å². The number of hydrogen-bond acceptors (Lipinski definition) is 3. The van der Waals surface area contributed by atoms with Crippen LogP contribution in [0.25, 0.3) is 0 Å². The summed E-state index contributed by atoms with van der Waals surface area (Å²) >= 11 is -2.63. The third kappa shape index (κ3) is 9.36. The maximum atomic E-state index is 13.5. The van der Waals surface area contributed by atoms with Crippen LogP contribution in [0.4, 0.5) is 0 Å². The predicted octanol–water partition coefficient (Wildman–Crippen LogP) is 9.02. The van der Waals surface area contributed by atoms with Crippen molar-refractivity contribution in [2.24, 2.45) is 0 Å². The zero-order chi connectivity index (χ0) is 24.8. The second kappa shape index (κ2) is 15.4. The van der Waals surface area contributed by atoms with Crippen LogP contribution < -0.4 is 0 Å². The molecule has 190 valence electrons. The molecule has 3 aromatic carbocycles. The van der Waals surface area contributed by atoms with Crippen molar-refractivity contribution in [3.8, 4) is 0 Å². The number of halogens is 1. The van der Waals surface area contributed by atoms with Gasteiger partial charge in [0, 0.05) is 0 Å². The monoisotopic (exact) mass is 606 g/mol. The molecule has 0 unspecified atom stereocenters. The van der Waals surface area contributed by atoms with Crippen molar-refractivity contribution in [2.75, 3.05) is 0 Å². The minimum atomic E-state index is -3.88. The first kappa shape index (κ1) is 27.9. The molecule has 0 saturated heterocycles. The molecule has 35 heavy (non-hydrogen) atoms. The molecule has 0 atom stereocenters. The maximum absolute atomic E-state index is 13.5. The third-order valence-corrected chi connectivity index (χ3v) is 13.5. The van der Waals surface area contributed by atoms with Crippen molar-refractivity contribution in [1.29, 1.82) is 0 Å². The molecular formula is C30H39IO3S. The van der Waals surface area contributed by atoms with Gasteiger partial charge in [-0.15, -0.1) is 0 Å². The summed E-state index contributed by atoms with van der Waals surface area (Å²) in [6.45, 7) is 2.25. The zero-order valence-electron chi connectivity index (χ0n) is 20.9.